The van der Waals surface area contributed by atoms with Crippen LogP contribution in [0.25, 0.3) is 0 Å². The molecule has 1 aromatic carbocycles. The van der Waals surface area contributed by atoms with Gasteiger partial charge in [-0.3, -0.25) is 0 Å². The van der Waals surface area contributed by atoms with Crippen LogP contribution < -0.4 is 10.5 Å². The number of aromatic nitrogens is 1. The van der Waals surface area contributed by atoms with E-state index in [1.165, 1.54) is 12.1 Å². The Kier molecular flexibility index (Phi) is 3.56. The van der Waals surface area contributed by atoms with Crippen LogP contribution in [-0.2, 0) is 6.54 Å². The highest BCUT2D eigenvalue weighted by Crippen LogP contribution is 2.28. The normalized spacial score (nSPS) is 10.3. The van der Waals surface area contributed by atoms with Crippen LogP contribution in [0.3, 0.4) is 0 Å². The van der Waals surface area contributed by atoms with Crippen LogP contribution in [-0.4, -0.2) is 4.98 Å². The number of ether oxygens (including phenoxy) is 1. The maximum Gasteiger partial charge on any atom is 0.238 e. The van der Waals surface area contributed by atoms with Gasteiger partial charge in [-0.15, -0.1) is 0 Å². The monoisotopic (exact) mass is 252 g/mol. The second-order valence-electron chi connectivity index (χ2n) is 3.37. The van der Waals surface area contributed by atoms with Gasteiger partial charge in [0.25, 0.3) is 0 Å². The molecule has 0 bridgehead atoms. The SMILES string of the molecule is NCc1cnc(Oc2ccccc2F)c(Cl)c1. The lowest BCUT2D eigenvalue weighted by atomic mass is 10.3. The Labute approximate surface area is 103 Å². The zero-order valence-electron chi connectivity index (χ0n) is 8.86. The van der Waals surface area contributed by atoms with Crippen molar-refractivity contribution in [3.05, 3.63) is 52.9 Å². The molecule has 1 heterocycles. The molecular weight excluding hydrogens is 243 g/mol. The summed E-state index contributed by atoms with van der Waals surface area (Å²) in [6.07, 6.45) is 1.54. The van der Waals surface area contributed by atoms with Crippen LogP contribution in [0, 0.1) is 5.82 Å². The number of pyridine rings is 1. The zero-order chi connectivity index (χ0) is 12.3. The number of halogens is 2. The third-order valence-electron chi connectivity index (χ3n) is 2.14. The Morgan fingerprint density at radius 2 is 2.12 bits per heavy atom. The Balaban J connectivity index is 2.28. The number of hydrogen-bond donors (Lipinski definition) is 1. The maximum absolute atomic E-state index is 13.3. The lowest BCUT2D eigenvalue weighted by molar-refractivity contribution is 0.427. The van der Waals surface area contributed by atoms with Crippen molar-refractivity contribution in [1.82, 2.24) is 4.98 Å². The van der Waals surface area contributed by atoms with Crippen molar-refractivity contribution in [3.63, 3.8) is 0 Å². The van der Waals surface area contributed by atoms with E-state index in [4.69, 9.17) is 22.1 Å². The summed E-state index contributed by atoms with van der Waals surface area (Å²) in [6.45, 7) is 0.340. The highest BCUT2D eigenvalue weighted by Gasteiger charge is 2.08. The van der Waals surface area contributed by atoms with Gasteiger partial charge in [0.05, 0.1) is 0 Å². The van der Waals surface area contributed by atoms with E-state index in [0.29, 0.717) is 11.6 Å². The van der Waals surface area contributed by atoms with E-state index >= 15 is 0 Å². The molecule has 0 radical (unpaired) electrons. The Morgan fingerprint density at radius 3 is 2.76 bits per heavy atom. The number of hydrogen-bond acceptors (Lipinski definition) is 3. The van der Waals surface area contributed by atoms with Crippen molar-refractivity contribution in [2.24, 2.45) is 5.73 Å². The quantitative estimate of drug-likeness (QED) is 0.913. The molecule has 88 valence electrons. The van der Waals surface area contributed by atoms with Crippen molar-refractivity contribution in [2.75, 3.05) is 0 Å². The highest BCUT2D eigenvalue weighted by atomic mass is 35.5. The van der Waals surface area contributed by atoms with Gasteiger partial charge < -0.3 is 10.5 Å². The van der Waals surface area contributed by atoms with Crippen LogP contribution in [0.5, 0.6) is 11.6 Å². The van der Waals surface area contributed by atoms with Crippen LogP contribution in [0.15, 0.2) is 36.5 Å². The lowest BCUT2D eigenvalue weighted by Gasteiger charge is -2.07. The number of rotatable bonds is 3. The Morgan fingerprint density at radius 1 is 1.35 bits per heavy atom. The van der Waals surface area contributed by atoms with Gasteiger partial charge in [-0.25, -0.2) is 9.37 Å². The molecule has 0 saturated heterocycles. The van der Waals surface area contributed by atoms with Crippen molar-refractivity contribution in [1.29, 1.82) is 0 Å². The predicted octanol–water partition coefficient (Wildman–Crippen LogP) is 3.13. The van der Waals surface area contributed by atoms with Gasteiger partial charge in [0, 0.05) is 12.7 Å². The molecule has 2 rings (SSSR count). The number of para-hydroxylation sites is 1. The molecule has 0 unspecified atom stereocenters. The van der Waals surface area contributed by atoms with E-state index in [2.05, 4.69) is 4.98 Å². The van der Waals surface area contributed by atoms with E-state index in [1.807, 2.05) is 0 Å². The molecule has 0 spiro atoms. The topological polar surface area (TPSA) is 48.1 Å². The van der Waals surface area contributed by atoms with Crippen molar-refractivity contribution in [2.45, 2.75) is 6.54 Å². The number of benzene rings is 1. The van der Waals surface area contributed by atoms with Crippen molar-refractivity contribution < 1.29 is 9.13 Å². The zero-order valence-corrected chi connectivity index (χ0v) is 9.62. The van der Waals surface area contributed by atoms with E-state index in [-0.39, 0.29) is 11.6 Å². The molecule has 2 aromatic rings. The van der Waals surface area contributed by atoms with E-state index in [9.17, 15) is 4.39 Å². The summed E-state index contributed by atoms with van der Waals surface area (Å²) in [5.41, 5.74) is 6.23. The fourth-order valence-corrected chi connectivity index (χ4v) is 1.51. The first-order valence-corrected chi connectivity index (χ1v) is 5.35. The summed E-state index contributed by atoms with van der Waals surface area (Å²) >= 11 is 5.94. The van der Waals surface area contributed by atoms with Gasteiger partial charge >= 0.3 is 0 Å². The molecule has 3 nitrogen and oxygen atoms in total. The summed E-state index contributed by atoms with van der Waals surface area (Å²) in [5.74, 6) is -0.218. The molecule has 0 atom stereocenters. The van der Waals surface area contributed by atoms with Crippen molar-refractivity contribution >= 4 is 11.6 Å². The molecule has 17 heavy (non-hydrogen) atoms. The lowest BCUT2D eigenvalue weighted by Crippen LogP contribution is -1.98. The van der Waals surface area contributed by atoms with Gasteiger partial charge in [-0.2, -0.15) is 0 Å². The first-order chi connectivity index (χ1) is 8.20. The molecule has 0 aliphatic carbocycles. The highest BCUT2D eigenvalue weighted by molar-refractivity contribution is 6.31. The van der Waals surface area contributed by atoms with Gasteiger partial charge in [0.2, 0.25) is 5.88 Å². The summed E-state index contributed by atoms with van der Waals surface area (Å²) in [5, 5.41) is 0.302. The second-order valence-corrected chi connectivity index (χ2v) is 3.77. The first kappa shape index (κ1) is 11.8. The standard InChI is InChI=1S/C12H10ClFN2O/c13-9-5-8(6-15)7-16-12(9)17-11-4-2-1-3-10(11)14/h1-5,7H,6,15H2. The summed E-state index contributed by atoms with van der Waals surface area (Å²) in [6, 6.07) is 7.70. The van der Waals surface area contributed by atoms with Gasteiger partial charge in [0.1, 0.15) is 5.02 Å². The number of nitrogens with two attached hydrogens (primary N) is 1. The summed E-state index contributed by atoms with van der Waals surface area (Å²) < 4.78 is 18.6. The van der Waals surface area contributed by atoms with Crippen LogP contribution in [0.4, 0.5) is 4.39 Å². The third kappa shape index (κ3) is 2.72. The Bertz CT molecular complexity index is 534. The second kappa shape index (κ2) is 5.12. The minimum atomic E-state index is -0.465. The maximum atomic E-state index is 13.3. The molecular formula is C12H10ClFN2O. The molecule has 5 heteroatoms. The summed E-state index contributed by atoms with van der Waals surface area (Å²) in [4.78, 5) is 3.98. The van der Waals surface area contributed by atoms with Crippen LogP contribution in [0.1, 0.15) is 5.56 Å². The van der Waals surface area contributed by atoms with Crippen LogP contribution in [0.2, 0.25) is 5.02 Å². The first-order valence-electron chi connectivity index (χ1n) is 4.97. The van der Waals surface area contributed by atoms with E-state index < -0.39 is 5.82 Å². The fourth-order valence-electron chi connectivity index (χ4n) is 1.28. The molecule has 0 fully saturated rings. The van der Waals surface area contributed by atoms with Crippen molar-refractivity contribution in [3.8, 4) is 11.6 Å². The molecule has 2 N–H and O–H groups in total. The minimum absolute atomic E-state index is 0.0856. The Hall–Kier alpha value is -1.65. The molecule has 1 aromatic heterocycles. The van der Waals surface area contributed by atoms with Gasteiger partial charge in [0.15, 0.2) is 11.6 Å². The smallest absolute Gasteiger partial charge is 0.238 e. The van der Waals surface area contributed by atoms with Gasteiger partial charge in [-0.1, -0.05) is 23.7 Å². The van der Waals surface area contributed by atoms with E-state index in [1.54, 1.807) is 24.4 Å². The molecule has 0 aliphatic rings. The van der Waals surface area contributed by atoms with Crippen LogP contribution >= 0.6 is 11.6 Å². The summed E-state index contributed by atoms with van der Waals surface area (Å²) in [7, 11) is 0. The largest absolute Gasteiger partial charge is 0.434 e. The third-order valence-corrected chi connectivity index (χ3v) is 2.41. The number of nitrogens with zero attached hydrogens (tertiary/aromatic N) is 1. The average Bonchev–Trinajstić information content (AvgIpc) is 2.34. The average molecular weight is 253 g/mol. The fraction of sp³-hybridized carbons (Fsp3) is 0.0833. The molecule has 0 aliphatic heterocycles. The predicted molar refractivity (Wildman–Crippen MR) is 63.6 cm³/mol. The van der Waals surface area contributed by atoms with Gasteiger partial charge in [-0.05, 0) is 23.8 Å². The molecule has 0 saturated carbocycles. The minimum Gasteiger partial charge on any atom is -0.434 e. The van der Waals surface area contributed by atoms with E-state index in [0.717, 1.165) is 5.56 Å². The molecule has 0 amide bonds.